The molecule has 81 heavy (non-hydrogen) atoms. The molecule has 478 valence electrons. The molecule has 0 aliphatic heterocycles. The van der Waals surface area contributed by atoms with Crippen molar-refractivity contribution in [1.29, 1.82) is 0 Å². The van der Waals surface area contributed by atoms with Crippen LogP contribution in [0.2, 0.25) is 0 Å². The Morgan fingerprint density at radius 2 is 0.617 bits per heavy atom. The first kappa shape index (κ1) is 79.1. The molecule has 0 aromatic rings. The van der Waals surface area contributed by atoms with Crippen LogP contribution in [-0.2, 0) is 14.3 Å². The number of carbonyl (C=O) groups excluding carboxylic acids is 2. The number of aliphatic hydroxyl groups is 2. The van der Waals surface area contributed by atoms with Gasteiger partial charge in [0.05, 0.1) is 25.4 Å². The third kappa shape index (κ3) is 67.1. The number of carbonyl (C=O) groups is 2. The van der Waals surface area contributed by atoms with E-state index in [0.717, 1.165) is 51.4 Å². The highest BCUT2D eigenvalue weighted by Gasteiger charge is 2.18. The summed E-state index contributed by atoms with van der Waals surface area (Å²) in [5.74, 6) is -0.0479. The second-order valence-electron chi connectivity index (χ2n) is 25.3. The number of hydrogen-bond acceptors (Lipinski definition) is 5. The minimum absolute atomic E-state index is 0.0135. The number of amides is 1. The molecule has 3 N–H and O–H groups in total. The van der Waals surface area contributed by atoms with Crippen LogP contribution in [0.15, 0.2) is 36.5 Å². The third-order valence-corrected chi connectivity index (χ3v) is 17.2. The van der Waals surface area contributed by atoms with Crippen LogP contribution in [0.25, 0.3) is 0 Å². The lowest BCUT2D eigenvalue weighted by atomic mass is 10.0. The zero-order valence-electron chi connectivity index (χ0n) is 54.8. The van der Waals surface area contributed by atoms with Crippen LogP contribution in [0.4, 0.5) is 0 Å². The Kier molecular flexibility index (Phi) is 68.9. The molecule has 2 atom stereocenters. The summed E-state index contributed by atoms with van der Waals surface area (Å²) in [5.41, 5.74) is 0. The molecule has 0 saturated heterocycles. The van der Waals surface area contributed by atoms with Gasteiger partial charge in [0.25, 0.3) is 0 Å². The van der Waals surface area contributed by atoms with E-state index in [-0.39, 0.29) is 18.5 Å². The van der Waals surface area contributed by atoms with Crippen molar-refractivity contribution < 1.29 is 24.5 Å². The molecule has 0 radical (unpaired) electrons. The Hall–Kier alpha value is -1.92. The fourth-order valence-electron chi connectivity index (χ4n) is 11.6. The number of nitrogens with one attached hydrogen (secondary N) is 1. The van der Waals surface area contributed by atoms with Gasteiger partial charge in [-0.15, -0.1) is 0 Å². The maximum Gasteiger partial charge on any atom is 0.305 e. The zero-order chi connectivity index (χ0) is 58.5. The predicted octanol–water partition coefficient (Wildman–Crippen LogP) is 23.9. The molecule has 2 unspecified atom stereocenters. The first-order valence-electron chi connectivity index (χ1n) is 36.8. The van der Waals surface area contributed by atoms with Crippen molar-refractivity contribution >= 4 is 11.9 Å². The zero-order valence-corrected chi connectivity index (χ0v) is 54.8. The fraction of sp³-hybridized carbons (Fsp3) is 0.893. The quantitative estimate of drug-likeness (QED) is 0.0320. The monoisotopic (exact) mass is 1140 g/mol. The van der Waals surface area contributed by atoms with E-state index in [0.29, 0.717) is 19.4 Å². The highest BCUT2D eigenvalue weighted by Crippen LogP contribution is 2.19. The number of rotatable bonds is 69. The van der Waals surface area contributed by atoms with Gasteiger partial charge in [0.2, 0.25) is 5.91 Å². The number of unbranched alkanes of at least 4 members (excludes halogenated alkanes) is 54. The first-order valence-corrected chi connectivity index (χ1v) is 36.8. The molecular weight excluding hydrogens is 995 g/mol. The van der Waals surface area contributed by atoms with E-state index in [1.165, 1.54) is 327 Å². The molecule has 0 aliphatic rings. The van der Waals surface area contributed by atoms with Gasteiger partial charge in [0.1, 0.15) is 0 Å². The van der Waals surface area contributed by atoms with E-state index in [1.54, 1.807) is 6.08 Å². The lowest BCUT2D eigenvalue weighted by molar-refractivity contribution is -0.143. The highest BCUT2D eigenvalue weighted by molar-refractivity contribution is 5.76. The second-order valence-corrected chi connectivity index (χ2v) is 25.3. The number of ether oxygens (including phenoxy) is 1. The molecule has 0 bridgehead atoms. The highest BCUT2D eigenvalue weighted by atomic mass is 16.5. The molecule has 0 aromatic carbocycles. The number of allylic oxidation sites excluding steroid dienone is 5. The van der Waals surface area contributed by atoms with E-state index < -0.39 is 12.1 Å². The minimum atomic E-state index is -0.841. The number of hydrogen-bond donors (Lipinski definition) is 3. The SMILES string of the molecule is CCCCCC/C=C\C/C=C\CCCCCCCCCC(=O)OCCCCCCCCCCCCCCCCCCCCCCCCCCCCCCCCCC(=O)NC(CO)C(O)/C=C/CCCCCCCCCCCCCCC. The van der Waals surface area contributed by atoms with Crippen LogP contribution >= 0.6 is 0 Å². The molecule has 0 rings (SSSR count). The Balaban J connectivity index is 3.33. The van der Waals surface area contributed by atoms with Crippen molar-refractivity contribution in [2.75, 3.05) is 13.2 Å². The Morgan fingerprint density at radius 1 is 0.346 bits per heavy atom. The van der Waals surface area contributed by atoms with Crippen molar-refractivity contribution in [2.24, 2.45) is 0 Å². The van der Waals surface area contributed by atoms with Crippen molar-refractivity contribution in [3.63, 3.8) is 0 Å². The smallest absolute Gasteiger partial charge is 0.305 e. The fourth-order valence-corrected chi connectivity index (χ4v) is 11.6. The summed E-state index contributed by atoms with van der Waals surface area (Å²) in [6.45, 7) is 4.92. The van der Waals surface area contributed by atoms with Crippen molar-refractivity contribution in [1.82, 2.24) is 5.32 Å². The third-order valence-electron chi connectivity index (χ3n) is 17.2. The van der Waals surface area contributed by atoms with Crippen LogP contribution in [0, 0.1) is 0 Å². The van der Waals surface area contributed by atoms with Gasteiger partial charge in [-0.25, -0.2) is 0 Å². The van der Waals surface area contributed by atoms with Gasteiger partial charge < -0.3 is 20.3 Å². The van der Waals surface area contributed by atoms with Gasteiger partial charge in [0, 0.05) is 12.8 Å². The summed E-state index contributed by atoms with van der Waals surface area (Å²) in [7, 11) is 0. The average Bonchev–Trinajstić information content (AvgIpc) is 3.47. The summed E-state index contributed by atoms with van der Waals surface area (Å²) in [6.07, 6.45) is 91.0. The summed E-state index contributed by atoms with van der Waals surface area (Å²) in [4.78, 5) is 24.6. The van der Waals surface area contributed by atoms with E-state index in [1.807, 2.05) is 6.08 Å². The standard InChI is InChI=1S/C75H143NO5/c1-3-5-7-9-11-13-15-17-19-20-37-41-45-49-53-57-61-65-69-75(80)81-70-66-62-58-54-50-46-42-38-35-33-31-29-27-25-23-21-22-24-26-28-30-32-34-36-40-44-48-52-56-60-64-68-74(79)76-72(71-77)73(78)67-63-59-55-51-47-43-39-18-16-14-12-10-8-6-4-2/h13,15,19-20,63,67,72-73,77-78H,3-12,14,16-18,21-62,64-66,68-71H2,1-2H3,(H,76,79)/b15-13-,20-19-,67-63+. The topological polar surface area (TPSA) is 95.9 Å². The minimum Gasteiger partial charge on any atom is -0.466 e. The van der Waals surface area contributed by atoms with Crippen molar-refractivity contribution in [2.45, 2.75) is 418 Å². The van der Waals surface area contributed by atoms with Crippen LogP contribution in [0.3, 0.4) is 0 Å². The van der Waals surface area contributed by atoms with Crippen LogP contribution in [0.1, 0.15) is 406 Å². The summed E-state index contributed by atoms with van der Waals surface area (Å²) >= 11 is 0. The molecule has 0 saturated carbocycles. The number of esters is 1. The van der Waals surface area contributed by atoms with Crippen LogP contribution in [-0.4, -0.2) is 47.4 Å². The Labute approximate surface area is 506 Å². The van der Waals surface area contributed by atoms with Gasteiger partial charge in [0.15, 0.2) is 0 Å². The van der Waals surface area contributed by atoms with Gasteiger partial charge in [-0.2, -0.15) is 0 Å². The molecule has 0 spiro atoms. The normalized spacial score (nSPS) is 12.7. The van der Waals surface area contributed by atoms with Gasteiger partial charge in [-0.05, 0) is 64.2 Å². The second kappa shape index (κ2) is 70.6. The molecule has 0 fully saturated rings. The first-order chi connectivity index (χ1) is 40.0. The van der Waals surface area contributed by atoms with Gasteiger partial charge in [-0.3, -0.25) is 9.59 Å². The maximum atomic E-state index is 12.5. The van der Waals surface area contributed by atoms with Gasteiger partial charge >= 0.3 is 5.97 Å². The Bertz CT molecular complexity index is 1310. The lowest BCUT2D eigenvalue weighted by Gasteiger charge is -2.20. The van der Waals surface area contributed by atoms with E-state index in [4.69, 9.17) is 4.74 Å². The summed E-state index contributed by atoms with van der Waals surface area (Å²) in [5, 5.41) is 23.2. The molecule has 6 nitrogen and oxygen atoms in total. The van der Waals surface area contributed by atoms with Crippen molar-refractivity contribution in [3.8, 4) is 0 Å². The molecule has 6 heteroatoms. The molecule has 0 aliphatic carbocycles. The Morgan fingerprint density at radius 3 is 0.951 bits per heavy atom. The average molecular weight is 1140 g/mol. The molecule has 0 aromatic heterocycles. The summed E-state index contributed by atoms with van der Waals surface area (Å²) in [6, 6.07) is -0.624. The summed E-state index contributed by atoms with van der Waals surface area (Å²) < 4.78 is 5.51. The lowest BCUT2D eigenvalue weighted by Crippen LogP contribution is -2.45. The molecular formula is C75H143NO5. The maximum absolute atomic E-state index is 12.5. The van der Waals surface area contributed by atoms with E-state index in [9.17, 15) is 19.8 Å². The van der Waals surface area contributed by atoms with Crippen LogP contribution in [0.5, 0.6) is 0 Å². The molecule has 0 heterocycles. The molecule has 1 amide bonds. The van der Waals surface area contributed by atoms with Crippen LogP contribution < -0.4 is 5.32 Å². The van der Waals surface area contributed by atoms with E-state index >= 15 is 0 Å². The van der Waals surface area contributed by atoms with E-state index in [2.05, 4.69) is 43.5 Å². The van der Waals surface area contributed by atoms with Crippen molar-refractivity contribution in [3.05, 3.63) is 36.5 Å². The largest absolute Gasteiger partial charge is 0.466 e. The number of aliphatic hydroxyl groups excluding tert-OH is 2. The predicted molar refractivity (Wildman–Crippen MR) is 356 cm³/mol. The van der Waals surface area contributed by atoms with Gasteiger partial charge in [-0.1, -0.05) is 365 Å².